The molecule has 0 aliphatic carbocycles. The Morgan fingerprint density at radius 1 is 1.14 bits per heavy atom. The quantitative estimate of drug-likeness (QED) is 0.680. The molecule has 7 nitrogen and oxygen atoms in total. The second-order valence-electron chi connectivity index (χ2n) is 6.74. The van der Waals surface area contributed by atoms with Gasteiger partial charge in [0.15, 0.2) is 5.82 Å². The zero-order chi connectivity index (χ0) is 19.7. The molecule has 0 bridgehead atoms. The lowest BCUT2D eigenvalue weighted by molar-refractivity contribution is 0.0726. The molecule has 28 heavy (non-hydrogen) atoms. The minimum atomic E-state index is -0.133. The van der Waals surface area contributed by atoms with Crippen LogP contribution in [0.3, 0.4) is 0 Å². The molecule has 4 rings (SSSR count). The number of aromatic nitrogens is 4. The molecular weight excluding hydrogens is 376 g/mol. The number of hydrogen-bond acceptors (Lipinski definition) is 6. The minimum Gasteiger partial charge on any atom is -0.362 e. The fourth-order valence-corrected chi connectivity index (χ4v) is 3.34. The van der Waals surface area contributed by atoms with E-state index < -0.39 is 0 Å². The number of anilines is 1. The molecule has 3 aromatic rings. The summed E-state index contributed by atoms with van der Waals surface area (Å²) in [6.07, 6.45) is 3.89. The van der Waals surface area contributed by atoms with E-state index in [-0.39, 0.29) is 5.91 Å². The van der Waals surface area contributed by atoms with Gasteiger partial charge in [0.2, 0.25) is 0 Å². The van der Waals surface area contributed by atoms with Crippen molar-refractivity contribution < 1.29 is 4.79 Å². The topological polar surface area (TPSA) is 75.1 Å². The maximum absolute atomic E-state index is 12.8. The van der Waals surface area contributed by atoms with Crippen molar-refractivity contribution in [2.45, 2.75) is 13.0 Å². The Labute approximate surface area is 168 Å². The Morgan fingerprint density at radius 2 is 2.00 bits per heavy atom. The lowest BCUT2D eigenvalue weighted by Gasteiger charge is -2.30. The van der Waals surface area contributed by atoms with Crippen LogP contribution >= 0.6 is 11.6 Å². The van der Waals surface area contributed by atoms with E-state index in [4.69, 9.17) is 21.6 Å². The molecule has 0 fully saturated rings. The van der Waals surface area contributed by atoms with Crippen molar-refractivity contribution in [3.8, 4) is 11.5 Å². The van der Waals surface area contributed by atoms with Crippen molar-refractivity contribution in [3.63, 3.8) is 0 Å². The zero-order valence-electron chi connectivity index (χ0n) is 15.6. The SMILES string of the molecule is CN(C)c1nc(-c2ccccn2)nc2c1CCN(C(=O)c1ccc(Cl)cn1)C2. The minimum absolute atomic E-state index is 0.133. The first kappa shape index (κ1) is 18.3. The second-order valence-corrected chi connectivity index (χ2v) is 7.18. The summed E-state index contributed by atoms with van der Waals surface area (Å²) in [5.41, 5.74) is 2.99. The second kappa shape index (κ2) is 7.52. The summed E-state index contributed by atoms with van der Waals surface area (Å²) in [4.78, 5) is 34.5. The molecule has 1 aliphatic rings. The first-order chi connectivity index (χ1) is 13.5. The van der Waals surface area contributed by atoms with Gasteiger partial charge >= 0.3 is 0 Å². The number of hydrogen-bond donors (Lipinski definition) is 0. The van der Waals surface area contributed by atoms with Gasteiger partial charge in [0, 0.05) is 38.6 Å². The highest BCUT2D eigenvalue weighted by Gasteiger charge is 2.27. The molecule has 0 saturated carbocycles. The number of nitrogens with zero attached hydrogens (tertiary/aromatic N) is 6. The molecule has 0 N–H and O–H groups in total. The molecule has 4 heterocycles. The van der Waals surface area contributed by atoms with Crippen LogP contribution in [-0.4, -0.2) is 51.4 Å². The number of carbonyl (C=O) groups excluding carboxylic acids is 1. The van der Waals surface area contributed by atoms with Gasteiger partial charge in [-0.15, -0.1) is 0 Å². The fourth-order valence-electron chi connectivity index (χ4n) is 3.23. The smallest absolute Gasteiger partial charge is 0.272 e. The standard InChI is InChI=1S/C20H19ClN6O/c1-26(2)19-14-8-10-27(20(28)16-7-6-13(21)11-23-16)12-17(14)24-18(25-19)15-5-3-4-9-22-15/h3-7,9,11H,8,10,12H2,1-2H3. The maximum Gasteiger partial charge on any atom is 0.272 e. The summed E-state index contributed by atoms with van der Waals surface area (Å²) >= 11 is 5.88. The Morgan fingerprint density at radius 3 is 2.68 bits per heavy atom. The third-order valence-corrected chi connectivity index (χ3v) is 4.82. The highest BCUT2D eigenvalue weighted by molar-refractivity contribution is 6.30. The van der Waals surface area contributed by atoms with Gasteiger partial charge in [-0.25, -0.2) is 15.0 Å². The van der Waals surface area contributed by atoms with Crippen LogP contribution in [0.1, 0.15) is 21.7 Å². The number of pyridine rings is 2. The molecule has 1 amide bonds. The van der Waals surface area contributed by atoms with Gasteiger partial charge in [-0.1, -0.05) is 17.7 Å². The zero-order valence-corrected chi connectivity index (χ0v) is 16.4. The van der Waals surface area contributed by atoms with E-state index in [0.717, 1.165) is 17.1 Å². The van der Waals surface area contributed by atoms with Gasteiger partial charge in [-0.3, -0.25) is 9.78 Å². The van der Waals surface area contributed by atoms with Crippen LogP contribution in [-0.2, 0) is 13.0 Å². The average Bonchev–Trinajstić information content (AvgIpc) is 2.73. The lowest BCUT2D eigenvalue weighted by atomic mass is 10.0. The average molecular weight is 395 g/mol. The van der Waals surface area contributed by atoms with Gasteiger partial charge in [0.25, 0.3) is 5.91 Å². The lowest BCUT2D eigenvalue weighted by Crippen LogP contribution is -2.37. The van der Waals surface area contributed by atoms with Crippen LogP contribution in [0.25, 0.3) is 11.5 Å². The third kappa shape index (κ3) is 3.53. The first-order valence-electron chi connectivity index (χ1n) is 8.92. The number of rotatable bonds is 3. The molecule has 3 aromatic heterocycles. The van der Waals surface area contributed by atoms with Crippen molar-refractivity contribution in [2.24, 2.45) is 0 Å². The van der Waals surface area contributed by atoms with E-state index in [1.54, 1.807) is 23.2 Å². The monoisotopic (exact) mass is 394 g/mol. The van der Waals surface area contributed by atoms with Crippen molar-refractivity contribution in [1.29, 1.82) is 0 Å². The maximum atomic E-state index is 12.8. The summed E-state index contributed by atoms with van der Waals surface area (Å²) < 4.78 is 0. The van der Waals surface area contributed by atoms with E-state index in [9.17, 15) is 4.79 Å². The molecule has 8 heteroatoms. The van der Waals surface area contributed by atoms with Crippen molar-refractivity contribution in [3.05, 3.63) is 64.7 Å². The van der Waals surface area contributed by atoms with E-state index in [1.165, 1.54) is 6.20 Å². The Bertz CT molecular complexity index is 1010. The van der Waals surface area contributed by atoms with Crippen LogP contribution in [0.15, 0.2) is 42.7 Å². The number of halogens is 1. The largest absolute Gasteiger partial charge is 0.362 e. The summed E-state index contributed by atoms with van der Waals surface area (Å²) in [6, 6.07) is 8.96. The summed E-state index contributed by atoms with van der Waals surface area (Å²) in [7, 11) is 3.92. The van der Waals surface area contributed by atoms with Gasteiger partial charge < -0.3 is 9.80 Å². The van der Waals surface area contributed by atoms with Gasteiger partial charge in [0.05, 0.1) is 17.3 Å². The summed E-state index contributed by atoms with van der Waals surface area (Å²) in [6.45, 7) is 0.991. The Balaban J connectivity index is 1.69. The number of fused-ring (bicyclic) bond motifs is 1. The Hall–Kier alpha value is -3.06. The van der Waals surface area contributed by atoms with Crippen LogP contribution in [0.2, 0.25) is 5.02 Å². The molecule has 0 unspecified atom stereocenters. The normalized spacial score (nSPS) is 13.2. The van der Waals surface area contributed by atoms with Crippen molar-refractivity contribution in [2.75, 3.05) is 25.5 Å². The van der Waals surface area contributed by atoms with E-state index in [1.807, 2.05) is 37.2 Å². The molecule has 0 atom stereocenters. The fraction of sp³-hybridized carbons (Fsp3) is 0.250. The van der Waals surface area contributed by atoms with Gasteiger partial charge in [-0.05, 0) is 30.7 Å². The van der Waals surface area contributed by atoms with Gasteiger partial charge in [-0.2, -0.15) is 0 Å². The highest BCUT2D eigenvalue weighted by atomic mass is 35.5. The highest BCUT2D eigenvalue weighted by Crippen LogP contribution is 2.28. The molecule has 142 valence electrons. The first-order valence-corrected chi connectivity index (χ1v) is 9.30. The number of amides is 1. The molecule has 0 radical (unpaired) electrons. The molecule has 0 saturated heterocycles. The van der Waals surface area contributed by atoms with Crippen LogP contribution in [0.5, 0.6) is 0 Å². The van der Waals surface area contributed by atoms with E-state index in [0.29, 0.717) is 41.7 Å². The molecule has 0 spiro atoms. The molecule has 1 aliphatic heterocycles. The Kier molecular flexibility index (Phi) is 4.92. The third-order valence-electron chi connectivity index (χ3n) is 4.59. The predicted molar refractivity (Wildman–Crippen MR) is 107 cm³/mol. The predicted octanol–water partition coefficient (Wildman–Crippen LogP) is 2.85. The molecule has 0 aromatic carbocycles. The van der Waals surface area contributed by atoms with Crippen molar-refractivity contribution >= 4 is 23.3 Å². The molecular formula is C20H19ClN6O. The van der Waals surface area contributed by atoms with Crippen molar-refractivity contribution in [1.82, 2.24) is 24.8 Å². The van der Waals surface area contributed by atoms with Crippen LogP contribution in [0.4, 0.5) is 5.82 Å². The van der Waals surface area contributed by atoms with Gasteiger partial charge in [0.1, 0.15) is 17.2 Å². The van der Waals surface area contributed by atoms with Crippen LogP contribution in [0, 0.1) is 0 Å². The summed E-state index contributed by atoms with van der Waals surface area (Å²) in [5, 5.41) is 0.504. The van der Waals surface area contributed by atoms with E-state index in [2.05, 4.69) is 9.97 Å². The summed E-state index contributed by atoms with van der Waals surface area (Å²) in [5.74, 6) is 1.29. The number of carbonyl (C=O) groups is 1. The van der Waals surface area contributed by atoms with Crippen LogP contribution < -0.4 is 4.90 Å². The van der Waals surface area contributed by atoms with E-state index >= 15 is 0 Å².